The van der Waals surface area contributed by atoms with Crippen molar-refractivity contribution in [3.63, 3.8) is 0 Å². The number of hydrogen-bond acceptors (Lipinski definition) is 13. The number of ketones is 1. The predicted octanol–water partition coefficient (Wildman–Crippen LogP) is 2.81. The first kappa shape index (κ1) is 46.1. The fraction of sp³-hybridized carbons (Fsp3) is 0.851. The van der Waals surface area contributed by atoms with E-state index in [1.54, 1.807) is 13.8 Å². The van der Waals surface area contributed by atoms with Crippen LogP contribution in [0.5, 0.6) is 0 Å². The maximum Gasteiger partial charge on any atom is 0.182 e. The van der Waals surface area contributed by atoms with Crippen LogP contribution < -0.4 is 16.4 Å². The molecule has 0 spiro atoms. The zero-order chi connectivity index (χ0) is 43.4. The van der Waals surface area contributed by atoms with E-state index in [1.165, 1.54) is 6.42 Å². The standard InChI is InChI=1S/C47H77N3O10/c1-5-7-27-9-12-29-30(25-52)42(60-36(29)13-10-27)43(57)45(4,58)37-17-20-47(59)39-31(16-18-44(37,47)3)46(19-15-28-11-14-38(48)50-33(28)8-6-21-51)23-35(55)34(54)22-32(46)41(56)40(39)49-24-26(2)53/h11,14,26-27,29-32,34-38,42-43,49-55,57-59H,5-10,12-13,15-25,48H2,1-4H3/t26-,27-,29-,30-,31-,32-,34+,35-,36+,37-,38?,42+,43+,44+,45+,46+,47+/m0/s1. The molecule has 340 valence electrons. The van der Waals surface area contributed by atoms with Crippen LogP contribution in [0.3, 0.4) is 0 Å². The van der Waals surface area contributed by atoms with E-state index < -0.39 is 64.4 Å². The molecular weight excluding hydrogens is 767 g/mol. The van der Waals surface area contributed by atoms with Crippen LogP contribution in [0, 0.1) is 46.3 Å². The summed E-state index contributed by atoms with van der Waals surface area (Å²) in [5, 5.41) is 98.7. The molecule has 0 aromatic rings. The second-order valence-corrected chi connectivity index (χ2v) is 20.7. The number of fused-ring (bicyclic) bond motifs is 6. The van der Waals surface area contributed by atoms with Crippen molar-refractivity contribution in [3.8, 4) is 0 Å². The third-order valence-corrected chi connectivity index (χ3v) is 17.3. The molecule has 0 amide bonds. The number of carbonyl (C=O) groups excluding carboxylic acids is 1. The van der Waals surface area contributed by atoms with Gasteiger partial charge in [0.05, 0.1) is 53.6 Å². The molecule has 0 aromatic carbocycles. The van der Waals surface area contributed by atoms with E-state index in [2.05, 4.69) is 17.6 Å². The van der Waals surface area contributed by atoms with Crippen molar-refractivity contribution in [1.82, 2.24) is 10.6 Å². The van der Waals surface area contributed by atoms with E-state index in [0.717, 1.165) is 43.4 Å². The second-order valence-electron chi connectivity index (χ2n) is 20.7. The number of nitrogens with two attached hydrogens (primary N) is 1. The Morgan fingerprint density at radius 1 is 1.05 bits per heavy atom. The van der Waals surface area contributed by atoms with Crippen molar-refractivity contribution in [3.05, 3.63) is 34.7 Å². The van der Waals surface area contributed by atoms with Gasteiger partial charge in [-0.05, 0) is 144 Å². The molecule has 5 fully saturated rings. The Bertz CT molecular complexity index is 1650. The van der Waals surface area contributed by atoms with Crippen LogP contribution in [0.2, 0.25) is 0 Å². The first-order chi connectivity index (χ1) is 28.5. The van der Waals surface area contributed by atoms with E-state index in [-0.39, 0.29) is 80.5 Å². The van der Waals surface area contributed by atoms with Gasteiger partial charge in [-0.15, -0.1) is 0 Å². The number of allylic oxidation sites excluding steroid dienone is 4. The fourth-order valence-electron chi connectivity index (χ4n) is 14.2. The molecule has 13 nitrogen and oxygen atoms in total. The van der Waals surface area contributed by atoms with Crippen LogP contribution in [0.1, 0.15) is 130 Å². The topological polar surface area (TPSA) is 238 Å². The average molecular weight is 844 g/mol. The van der Waals surface area contributed by atoms with Gasteiger partial charge in [0.25, 0.3) is 0 Å². The minimum absolute atomic E-state index is 0.0268. The molecule has 1 saturated heterocycles. The maximum absolute atomic E-state index is 15.1. The summed E-state index contributed by atoms with van der Waals surface area (Å²) < 4.78 is 6.65. The minimum atomic E-state index is -1.73. The van der Waals surface area contributed by atoms with Crippen molar-refractivity contribution in [2.75, 3.05) is 19.8 Å². The van der Waals surface area contributed by atoms with Crippen LogP contribution in [0.4, 0.5) is 0 Å². The van der Waals surface area contributed by atoms with Gasteiger partial charge >= 0.3 is 0 Å². The maximum atomic E-state index is 15.1. The number of carbonyl (C=O) groups is 1. The van der Waals surface area contributed by atoms with E-state index >= 15 is 4.79 Å². The molecular formula is C47H77N3O10. The third kappa shape index (κ3) is 7.87. The Hall–Kier alpha value is -1.91. The summed E-state index contributed by atoms with van der Waals surface area (Å²) in [4.78, 5) is 15.1. The van der Waals surface area contributed by atoms with Gasteiger partial charge in [0.1, 0.15) is 6.10 Å². The first-order valence-electron chi connectivity index (χ1n) is 23.5. The van der Waals surface area contributed by atoms with Crippen molar-refractivity contribution < 1.29 is 50.4 Å². The van der Waals surface area contributed by atoms with Gasteiger partial charge < -0.3 is 62.0 Å². The zero-order valence-electron chi connectivity index (χ0n) is 36.6. The van der Waals surface area contributed by atoms with Gasteiger partial charge in [-0.3, -0.25) is 4.79 Å². The quantitative estimate of drug-likeness (QED) is 0.114. The summed E-state index contributed by atoms with van der Waals surface area (Å²) in [5.41, 5.74) is 3.81. The molecule has 0 aromatic heterocycles. The highest BCUT2D eigenvalue weighted by atomic mass is 16.5. The molecule has 2 heterocycles. The number of Topliss-reactive ketones (excluding diaryl/α,β-unsaturated/α-hetero) is 1. The highest BCUT2D eigenvalue weighted by molar-refractivity contribution is 6.00. The number of aliphatic hydroxyl groups excluding tert-OH is 6. The Morgan fingerprint density at radius 3 is 2.50 bits per heavy atom. The van der Waals surface area contributed by atoms with Crippen LogP contribution in [-0.2, 0) is 9.53 Å². The second kappa shape index (κ2) is 17.9. The van der Waals surface area contributed by atoms with Crippen molar-refractivity contribution >= 4 is 5.78 Å². The van der Waals surface area contributed by atoms with Crippen molar-refractivity contribution in [2.45, 2.75) is 184 Å². The van der Waals surface area contributed by atoms with E-state index in [1.807, 2.05) is 19.1 Å². The number of aliphatic hydroxyl groups is 8. The number of hydrogen-bond donors (Lipinski definition) is 11. The molecule has 0 radical (unpaired) electrons. The minimum Gasteiger partial charge on any atom is -0.396 e. The third-order valence-electron chi connectivity index (χ3n) is 17.3. The highest BCUT2D eigenvalue weighted by Crippen LogP contribution is 2.70. The molecule has 13 heteroatoms. The Morgan fingerprint density at radius 2 is 1.80 bits per heavy atom. The van der Waals surface area contributed by atoms with Crippen LogP contribution >= 0.6 is 0 Å². The zero-order valence-corrected chi connectivity index (χ0v) is 36.6. The SMILES string of the molecule is CCC[C@H]1CC[C@H]2[C@H](CO)[C@H]([C@@H](O)[C@](C)(O)[C@H]3CC[C@@]4(O)C5=C(NC[C@H](C)O)C(=O)[C@@H]6C[C@@H](O)[C@@H](O)C[C@]6(CCC6=C(CCCO)NC(N)C=C6)[C@H]5CC[C@]34C)O[C@@H]2CC1. The number of nitrogens with one attached hydrogen (secondary N) is 2. The van der Waals surface area contributed by atoms with Crippen LogP contribution in [-0.4, -0.2) is 120 Å². The molecule has 0 bridgehead atoms. The van der Waals surface area contributed by atoms with Gasteiger partial charge in [-0.25, -0.2) is 0 Å². The number of ether oxygens (including phenoxy) is 1. The molecule has 60 heavy (non-hydrogen) atoms. The lowest BCUT2D eigenvalue weighted by atomic mass is 9.43. The van der Waals surface area contributed by atoms with Gasteiger partial charge in [-0.2, -0.15) is 0 Å². The lowest BCUT2D eigenvalue weighted by Gasteiger charge is -2.62. The van der Waals surface area contributed by atoms with E-state index in [9.17, 15) is 40.9 Å². The Kier molecular flexibility index (Phi) is 13.8. The van der Waals surface area contributed by atoms with Gasteiger partial charge in [0, 0.05) is 42.7 Å². The molecule has 17 atom stereocenters. The lowest BCUT2D eigenvalue weighted by molar-refractivity contribution is -0.201. The number of dihydropyridines is 1. The fourth-order valence-corrected chi connectivity index (χ4v) is 14.2. The Labute approximate surface area is 356 Å². The monoisotopic (exact) mass is 844 g/mol. The normalized spacial score (nSPS) is 43.6. The molecule has 12 N–H and O–H groups in total. The van der Waals surface area contributed by atoms with Crippen molar-refractivity contribution in [2.24, 2.45) is 52.1 Å². The van der Waals surface area contributed by atoms with Crippen LogP contribution in [0.25, 0.3) is 0 Å². The summed E-state index contributed by atoms with van der Waals surface area (Å²) in [7, 11) is 0. The molecule has 7 aliphatic rings. The summed E-state index contributed by atoms with van der Waals surface area (Å²) in [6, 6.07) is 0. The number of rotatable bonds is 15. The summed E-state index contributed by atoms with van der Waals surface area (Å²) in [6.45, 7) is 7.40. The predicted molar refractivity (Wildman–Crippen MR) is 226 cm³/mol. The average Bonchev–Trinajstić information content (AvgIpc) is 3.63. The van der Waals surface area contributed by atoms with Gasteiger partial charge in [-0.1, -0.05) is 39.2 Å². The van der Waals surface area contributed by atoms with Crippen molar-refractivity contribution in [1.29, 1.82) is 0 Å². The van der Waals surface area contributed by atoms with Gasteiger partial charge in [0.2, 0.25) is 0 Å². The first-order valence-corrected chi connectivity index (χ1v) is 23.5. The Balaban J connectivity index is 1.24. The molecule has 4 saturated carbocycles. The molecule has 5 aliphatic carbocycles. The molecule has 2 aliphatic heterocycles. The smallest absolute Gasteiger partial charge is 0.182 e. The summed E-state index contributed by atoms with van der Waals surface area (Å²) >= 11 is 0. The van der Waals surface area contributed by atoms with E-state index in [0.29, 0.717) is 56.4 Å². The summed E-state index contributed by atoms with van der Waals surface area (Å²) in [6.07, 6.45) is 8.49. The van der Waals surface area contributed by atoms with Gasteiger partial charge in [0.15, 0.2) is 5.78 Å². The van der Waals surface area contributed by atoms with Crippen LogP contribution in [0.15, 0.2) is 34.7 Å². The highest BCUT2D eigenvalue weighted by Gasteiger charge is 2.71. The molecule has 1 unspecified atom stereocenters. The van der Waals surface area contributed by atoms with E-state index in [4.69, 9.17) is 10.5 Å². The largest absolute Gasteiger partial charge is 0.396 e. The lowest BCUT2D eigenvalue weighted by Crippen LogP contribution is -2.65. The summed E-state index contributed by atoms with van der Waals surface area (Å²) in [5.74, 6) is -1.51. The molecule has 7 rings (SSSR count).